The van der Waals surface area contributed by atoms with Crippen LogP contribution in [0.15, 0.2) is 72.9 Å². The molecule has 0 N–H and O–H groups in total. The molecule has 0 bridgehead atoms. The first-order chi connectivity index (χ1) is 13.1. The molecule has 3 rings (SSSR count). The van der Waals surface area contributed by atoms with E-state index in [1.807, 2.05) is 41.3 Å². The van der Waals surface area contributed by atoms with Gasteiger partial charge in [-0.2, -0.15) is 0 Å². The average molecular weight is 381 g/mol. The molecule has 0 fully saturated rings. The van der Waals surface area contributed by atoms with Gasteiger partial charge in [0.1, 0.15) is 0 Å². The van der Waals surface area contributed by atoms with Crippen LogP contribution in [0.4, 0.5) is 0 Å². The van der Waals surface area contributed by atoms with E-state index in [9.17, 15) is 4.79 Å². The molecule has 1 unspecified atom stereocenters. The maximum atomic E-state index is 13.2. The molecule has 140 valence electrons. The van der Waals surface area contributed by atoms with Gasteiger partial charge < -0.3 is 9.47 Å². The van der Waals surface area contributed by atoms with Crippen LogP contribution < -0.4 is 0 Å². The fourth-order valence-corrected chi connectivity index (χ4v) is 3.33. The SMILES string of the molecule is CCC(C)N(Cc1cccn1Cc1ccccc1)C(=O)c1cccc(Cl)c1. The van der Waals surface area contributed by atoms with Crippen LogP contribution in [0, 0.1) is 0 Å². The molecule has 1 aromatic heterocycles. The van der Waals surface area contributed by atoms with E-state index in [0.717, 1.165) is 18.7 Å². The van der Waals surface area contributed by atoms with Gasteiger partial charge in [0.2, 0.25) is 0 Å². The molecule has 1 amide bonds. The van der Waals surface area contributed by atoms with Crippen molar-refractivity contribution >= 4 is 17.5 Å². The third kappa shape index (κ3) is 4.81. The van der Waals surface area contributed by atoms with Crippen LogP contribution in [-0.2, 0) is 13.1 Å². The summed E-state index contributed by atoms with van der Waals surface area (Å²) in [5.41, 5.74) is 2.99. The molecule has 4 heteroatoms. The number of nitrogens with zero attached hydrogens (tertiary/aromatic N) is 2. The molecule has 27 heavy (non-hydrogen) atoms. The van der Waals surface area contributed by atoms with Gasteiger partial charge >= 0.3 is 0 Å². The zero-order valence-electron chi connectivity index (χ0n) is 15.8. The minimum atomic E-state index is 0.0133. The van der Waals surface area contributed by atoms with E-state index in [0.29, 0.717) is 17.1 Å². The molecule has 0 saturated carbocycles. The fourth-order valence-electron chi connectivity index (χ4n) is 3.14. The third-order valence-electron chi connectivity index (χ3n) is 4.91. The summed E-state index contributed by atoms with van der Waals surface area (Å²) in [4.78, 5) is 15.1. The molecule has 1 heterocycles. The molecule has 0 aliphatic rings. The van der Waals surface area contributed by atoms with Crippen LogP contribution in [-0.4, -0.2) is 21.4 Å². The van der Waals surface area contributed by atoms with Gasteiger partial charge in [0, 0.05) is 35.1 Å². The zero-order valence-corrected chi connectivity index (χ0v) is 16.6. The fraction of sp³-hybridized carbons (Fsp3) is 0.261. The van der Waals surface area contributed by atoms with E-state index in [1.54, 1.807) is 12.1 Å². The third-order valence-corrected chi connectivity index (χ3v) is 5.14. The summed E-state index contributed by atoms with van der Waals surface area (Å²) in [6.45, 7) is 5.56. The highest BCUT2D eigenvalue weighted by molar-refractivity contribution is 6.30. The van der Waals surface area contributed by atoms with Gasteiger partial charge in [-0.3, -0.25) is 4.79 Å². The summed E-state index contributed by atoms with van der Waals surface area (Å²) in [5.74, 6) is 0.0133. The second-order valence-electron chi connectivity index (χ2n) is 6.81. The Morgan fingerprint density at radius 3 is 2.56 bits per heavy atom. The van der Waals surface area contributed by atoms with Crippen molar-refractivity contribution in [2.45, 2.75) is 39.4 Å². The van der Waals surface area contributed by atoms with Crippen molar-refractivity contribution in [2.24, 2.45) is 0 Å². The second kappa shape index (κ2) is 8.92. The van der Waals surface area contributed by atoms with Crippen LogP contribution in [0.5, 0.6) is 0 Å². The Morgan fingerprint density at radius 2 is 1.85 bits per heavy atom. The van der Waals surface area contributed by atoms with E-state index >= 15 is 0 Å². The monoisotopic (exact) mass is 380 g/mol. The standard InChI is InChI=1S/C23H25ClN2O/c1-3-18(2)26(23(27)20-11-7-12-21(24)15-20)17-22-13-8-14-25(22)16-19-9-5-4-6-10-19/h4-15,18H,3,16-17H2,1-2H3. The molecule has 3 nitrogen and oxygen atoms in total. The number of aromatic nitrogens is 1. The zero-order chi connectivity index (χ0) is 19.2. The van der Waals surface area contributed by atoms with Crippen LogP contribution >= 0.6 is 11.6 Å². The average Bonchev–Trinajstić information content (AvgIpc) is 3.12. The molecule has 0 spiro atoms. The van der Waals surface area contributed by atoms with Crippen molar-refractivity contribution in [1.29, 1.82) is 0 Å². The van der Waals surface area contributed by atoms with Crippen molar-refractivity contribution in [1.82, 2.24) is 9.47 Å². The number of hydrogen-bond donors (Lipinski definition) is 0. The minimum absolute atomic E-state index is 0.0133. The lowest BCUT2D eigenvalue weighted by atomic mass is 10.1. The summed E-state index contributed by atoms with van der Waals surface area (Å²) in [7, 11) is 0. The Hall–Kier alpha value is -2.52. The van der Waals surface area contributed by atoms with Crippen molar-refractivity contribution in [2.75, 3.05) is 0 Å². The summed E-state index contributed by atoms with van der Waals surface area (Å²) in [6, 6.07) is 21.8. The molecule has 0 radical (unpaired) electrons. The molecule has 0 aliphatic carbocycles. The van der Waals surface area contributed by atoms with Gasteiger partial charge in [-0.25, -0.2) is 0 Å². The topological polar surface area (TPSA) is 25.2 Å². The highest BCUT2D eigenvalue weighted by Gasteiger charge is 2.22. The quantitative estimate of drug-likeness (QED) is 0.521. The molecule has 0 aliphatic heterocycles. The van der Waals surface area contributed by atoms with Crippen molar-refractivity contribution in [3.05, 3.63) is 94.8 Å². The number of amides is 1. The number of carbonyl (C=O) groups is 1. The first-order valence-corrected chi connectivity index (χ1v) is 9.70. The van der Waals surface area contributed by atoms with E-state index in [4.69, 9.17) is 11.6 Å². The summed E-state index contributed by atoms with van der Waals surface area (Å²) >= 11 is 6.09. The number of hydrogen-bond acceptors (Lipinski definition) is 1. The van der Waals surface area contributed by atoms with E-state index in [-0.39, 0.29) is 11.9 Å². The van der Waals surface area contributed by atoms with Gasteiger partial charge in [0.15, 0.2) is 0 Å². The van der Waals surface area contributed by atoms with Gasteiger partial charge in [0.25, 0.3) is 5.91 Å². The Bertz CT molecular complexity index is 888. The highest BCUT2D eigenvalue weighted by Crippen LogP contribution is 2.19. The van der Waals surface area contributed by atoms with Gasteiger partial charge in [-0.05, 0) is 49.2 Å². The van der Waals surface area contributed by atoms with Crippen molar-refractivity contribution in [3.8, 4) is 0 Å². The van der Waals surface area contributed by atoms with Crippen LogP contribution in [0.2, 0.25) is 5.02 Å². The van der Waals surface area contributed by atoms with Crippen molar-refractivity contribution in [3.63, 3.8) is 0 Å². The normalized spacial score (nSPS) is 12.0. The number of rotatable bonds is 7. The van der Waals surface area contributed by atoms with Crippen LogP contribution in [0.25, 0.3) is 0 Å². The van der Waals surface area contributed by atoms with E-state index in [1.165, 1.54) is 5.56 Å². The Morgan fingerprint density at radius 1 is 1.07 bits per heavy atom. The van der Waals surface area contributed by atoms with Crippen LogP contribution in [0.1, 0.15) is 41.9 Å². The van der Waals surface area contributed by atoms with Gasteiger partial charge in [-0.15, -0.1) is 0 Å². The summed E-state index contributed by atoms with van der Waals surface area (Å²) in [6.07, 6.45) is 2.96. The molecular weight excluding hydrogens is 356 g/mol. The maximum Gasteiger partial charge on any atom is 0.254 e. The van der Waals surface area contributed by atoms with E-state index in [2.05, 4.69) is 42.8 Å². The lowest BCUT2D eigenvalue weighted by molar-refractivity contribution is 0.0667. The predicted octanol–water partition coefficient (Wildman–Crippen LogP) is 5.63. The first kappa shape index (κ1) is 19.2. The number of carbonyl (C=O) groups excluding carboxylic acids is 1. The smallest absolute Gasteiger partial charge is 0.254 e. The minimum Gasteiger partial charge on any atom is -0.345 e. The Kier molecular flexibility index (Phi) is 6.36. The number of benzene rings is 2. The van der Waals surface area contributed by atoms with Crippen molar-refractivity contribution < 1.29 is 4.79 Å². The predicted molar refractivity (Wildman–Crippen MR) is 111 cm³/mol. The van der Waals surface area contributed by atoms with Crippen LogP contribution in [0.3, 0.4) is 0 Å². The maximum absolute atomic E-state index is 13.2. The molecular formula is C23H25ClN2O. The summed E-state index contributed by atoms with van der Waals surface area (Å²) in [5, 5.41) is 0.581. The largest absolute Gasteiger partial charge is 0.345 e. The summed E-state index contributed by atoms with van der Waals surface area (Å²) < 4.78 is 2.20. The molecule has 3 aromatic rings. The molecule has 1 atom stereocenters. The molecule has 0 saturated heterocycles. The molecule has 2 aromatic carbocycles. The first-order valence-electron chi connectivity index (χ1n) is 9.33. The second-order valence-corrected chi connectivity index (χ2v) is 7.25. The van der Waals surface area contributed by atoms with E-state index < -0.39 is 0 Å². The van der Waals surface area contributed by atoms with Gasteiger partial charge in [0.05, 0.1) is 6.54 Å². The Labute approximate surface area is 166 Å². The lowest BCUT2D eigenvalue weighted by Crippen LogP contribution is -2.38. The number of halogens is 1. The Balaban J connectivity index is 1.84. The highest BCUT2D eigenvalue weighted by atomic mass is 35.5. The van der Waals surface area contributed by atoms with Gasteiger partial charge in [-0.1, -0.05) is 54.9 Å². The lowest BCUT2D eigenvalue weighted by Gasteiger charge is -2.29.